The van der Waals surface area contributed by atoms with Crippen LogP contribution in [0.2, 0.25) is 0 Å². The Morgan fingerprint density at radius 1 is 0.266 bits per heavy atom. The quantitative estimate of drug-likeness (QED) is 0.109. The molecule has 0 amide bonds. The van der Waals surface area contributed by atoms with E-state index in [1.54, 1.807) is 0 Å². The Kier molecular flexibility index (Phi) is 9.25. The maximum Gasteiger partial charge on any atom is 0.180 e. The molecule has 11 aromatic carbocycles. The van der Waals surface area contributed by atoms with Crippen molar-refractivity contribution < 1.29 is 0 Å². The van der Waals surface area contributed by atoms with Crippen LogP contribution in [0.25, 0.3) is 66.1 Å². The molecule has 64 heavy (non-hydrogen) atoms. The predicted molar refractivity (Wildman–Crippen MR) is 275 cm³/mol. The van der Waals surface area contributed by atoms with E-state index in [1.165, 1.54) is 86.8 Å². The predicted octanol–water partition coefficient (Wildman–Crippen LogP) is 13.8. The molecule has 0 spiro atoms. The average molecular weight is 830 g/mol. The van der Waals surface area contributed by atoms with Crippen molar-refractivity contribution in [1.82, 2.24) is 0 Å². The van der Waals surface area contributed by atoms with Gasteiger partial charge in [-0.05, 0) is 112 Å². The maximum atomic E-state index is 2.51. The molecule has 0 bridgehead atoms. The van der Waals surface area contributed by atoms with Crippen LogP contribution in [0.1, 0.15) is 0 Å². The first-order valence-corrected chi connectivity index (χ1v) is 24.2. The Morgan fingerprint density at radius 2 is 0.688 bits per heavy atom. The molecule has 0 unspecified atom stereocenters. The lowest BCUT2D eigenvalue weighted by Crippen LogP contribution is -2.72. The van der Waals surface area contributed by atoms with Crippen LogP contribution in [0, 0.1) is 0 Å². The van der Waals surface area contributed by atoms with Gasteiger partial charge >= 0.3 is 0 Å². The highest BCUT2D eigenvalue weighted by atomic mass is 28.3. The lowest BCUT2D eigenvalue weighted by molar-refractivity contribution is 1.30. The van der Waals surface area contributed by atoms with Crippen LogP contribution in [-0.4, -0.2) is 8.07 Å². The number of hydrogen-bond acceptors (Lipinski definition) is 1. The molecule has 0 aliphatic carbocycles. The van der Waals surface area contributed by atoms with E-state index < -0.39 is 8.07 Å². The van der Waals surface area contributed by atoms with Gasteiger partial charge in [-0.15, -0.1) is 0 Å². The molecule has 0 fully saturated rings. The molecule has 0 atom stereocenters. The van der Waals surface area contributed by atoms with Crippen molar-refractivity contribution in [2.24, 2.45) is 0 Å². The zero-order valence-electron chi connectivity index (χ0n) is 35.3. The summed E-state index contributed by atoms with van der Waals surface area (Å²) in [5.74, 6) is 0. The molecule has 12 rings (SSSR count). The number of fused-ring (bicyclic) bond motifs is 6. The smallest absolute Gasteiger partial charge is 0.180 e. The summed E-state index contributed by atoms with van der Waals surface area (Å²) in [4.78, 5) is 2.43. The Labute approximate surface area is 375 Å². The fourth-order valence-electron chi connectivity index (χ4n) is 10.4. The highest BCUT2D eigenvalue weighted by molar-refractivity contribution is 7.22. The van der Waals surface area contributed by atoms with Crippen LogP contribution < -0.4 is 25.6 Å². The molecule has 0 saturated carbocycles. The third kappa shape index (κ3) is 6.22. The van der Waals surface area contributed by atoms with Gasteiger partial charge in [-0.3, -0.25) is 0 Å². The number of nitrogens with zero attached hydrogens (tertiary/aromatic N) is 1. The Hall–Kier alpha value is -8.04. The van der Waals surface area contributed by atoms with E-state index >= 15 is 0 Å². The van der Waals surface area contributed by atoms with Crippen molar-refractivity contribution in [3.05, 3.63) is 261 Å². The first-order chi connectivity index (χ1) is 31.7. The van der Waals surface area contributed by atoms with E-state index in [0.29, 0.717) is 0 Å². The van der Waals surface area contributed by atoms with Crippen molar-refractivity contribution in [2.45, 2.75) is 0 Å². The second-order valence-corrected chi connectivity index (χ2v) is 20.6. The van der Waals surface area contributed by atoms with Gasteiger partial charge in [0.2, 0.25) is 0 Å². The highest BCUT2D eigenvalue weighted by Gasteiger charge is 2.48. The number of hydrogen-bond donors (Lipinski definition) is 0. The summed E-state index contributed by atoms with van der Waals surface area (Å²) in [6, 6.07) is 96.5. The largest absolute Gasteiger partial charge is 0.310 e. The fourth-order valence-corrected chi connectivity index (χ4v) is 15.6. The van der Waals surface area contributed by atoms with Crippen LogP contribution in [-0.2, 0) is 0 Å². The van der Waals surface area contributed by atoms with Crippen LogP contribution >= 0.6 is 0 Å². The number of benzene rings is 11. The highest BCUT2D eigenvalue weighted by Crippen LogP contribution is 2.43. The Bertz CT molecular complexity index is 3410. The molecule has 300 valence electrons. The van der Waals surface area contributed by atoms with Gasteiger partial charge in [0, 0.05) is 16.8 Å². The van der Waals surface area contributed by atoms with Crippen molar-refractivity contribution in [3.8, 4) is 44.5 Å². The molecule has 1 heterocycles. The minimum Gasteiger partial charge on any atom is -0.310 e. The molecule has 2 heteroatoms. The fraction of sp³-hybridized carbons (Fsp3) is 0. The zero-order valence-corrected chi connectivity index (χ0v) is 36.3. The van der Waals surface area contributed by atoms with Crippen molar-refractivity contribution in [2.75, 3.05) is 4.90 Å². The first-order valence-electron chi connectivity index (χ1n) is 22.2. The average Bonchev–Trinajstić information content (AvgIpc) is 3.68. The van der Waals surface area contributed by atoms with Gasteiger partial charge < -0.3 is 4.90 Å². The summed E-state index contributed by atoms with van der Waals surface area (Å²) in [7, 11) is -2.61. The normalized spacial score (nSPS) is 12.5. The number of anilines is 3. The van der Waals surface area contributed by atoms with Crippen LogP contribution in [0.4, 0.5) is 17.1 Å². The molecular formula is C62H43NSi. The van der Waals surface area contributed by atoms with E-state index in [4.69, 9.17) is 0 Å². The summed E-state index contributed by atoms with van der Waals surface area (Å²) < 4.78 is 0. The summed E-state index contributed by atoms with van der Waals surface area (Å²) >= 11 is 0. The van der Waals surface area contributed by atoms with E-state index in [0.717, 1.165) is 17.1 Å². The molecule has 0 radical (unpaired) electrons. The molecule has 1 aliphatic heterocycles. The van der Waals surface area contributed by atoms with E-state index in [2.05, 4.69) is 266 Å². The van der Waals surface area contributed by atoms with Crippen LogP contribution in [0.3, 0.4) is 0 Å². The third-order valence-electron chi connectivity index (χ3n) is 13.4. The lowest BCUT2D eigenvalue weighted by atomic mass is 9.97. The summed E-state index contributed by atoms with van der Waals surface area (Å²) in [5, 5.41) is 10.7. The summed E-state index contributed by atoms with van der Waals surface area (Å²) in [6.45, 7) is 0. The Morgan fingerprint density at radius 3 is 1.30 bits per heavy atom. The maximum absolute atomic E-state index is 2.61. The van der Waals surface area contributed by atoms with Crippen molar-refractivity contribution in [1.29, 1.82) is 0 Å². The van der Waals surface area contributed by atoms with Gasteiger partial charge in [-0.2, -0.15) is 0 Å². The van der Waals surface area contributed by atoms with Crippen LogP contribution in [0.5, 0.6) is 0 Å². The minimum absolute atomic E-state index is 1.11. The topological polar surface area (TPSA) is 3.24 Å². The SMILES string of the molecule is c1ccc(-c2ccc(-c3ccc(N(c4ccc(-c5ccc6c(c5)[Si](c5ccccc5)(c5ccccc5)c5ccccc5-6)cc4)c4cc5ccccc5c5ccccc45)cc3)cc2)cc1. The third-order valence-corrected chi connectivity index (χ3v) is 18.2. The van der Waals surface area contributed by atoms with E-state index in [1.807, 2.05) is 0 Å². The monoisotopic (exact) mass is 829 g/mol. The number of rotatable bonds is 8. The summed E-state index contributed by atoms with van der Waals surface area (Å²) in [5.41, 5.74) is 13.3. The summed E-state index contributed by atoms with van der Waals surface area (Å²) in [6.07, 6.45) is 0. The second-order valence-electron chi connectivity index (χ2n) is 16.8. The first kappa shape index (κ1) is 37.7. The molecule has 1 nitrogen and oxygen atoms in total. The lowest BCUT2D eigenvalue weighted by Gasteiger charge is -2.31. The van der Waals surface area contributed by atoms with E-state index in [9.17, 15) is 0 Å². The standard InChI is InChI=1S/C62H43NSi/c1-4-16-44(17-5-1)45-28-30-46(31-29-45)47-32-37-51(38-33-47)63(60-42-50-18-10-11-23-55(50)56-24-12-13-25-57(56)60)52-39-34-48(35-40-52)49-36-41-59-58-26-14-15-27-61(58)64(62(59)43-49,53-19-6-2-7-20-53)54-21-8-3-9-22-54/h1-43H. The van der Waals surface area contributed by atoms with Gasteiger partial charge in [-0.25, -0.2) is 0 Å². The molecular weight excluding hydrogens is 787 g/mol. The van der Waals surface area contributed by atoms with Gasteiger partial charge in [0.15, 0.2) is 8.07 Å². The van der Waals surface area contributed by atoms with Gasteiger partial charge in [0.1, 0.15) is 0 Å². The van der Waals surface area contributed by atoms with Crippen LogP contribution in [0.15, 0.2) is 261 Å². The zero-order chi connectivity index (χ0) is 42.5. The van der Waals surface area contributed by atoms with Gasteiger partial charge in [0.25, 0.3) is 0 Å². The molecule has 11 aromatic rings. The molecule has 0 aromatic heterocycles. The van der Waals surface area contributed by atoms with Crippen molar-refractivity contribution >= 4 is 67.4 Å². The minimum atomic E-state index is -2.61. The Balaban J connectivity index is 0.976. The molecule has 1 aliphatic rings. The molecule has 0 N–H and O–H groups in total. The van der Waals surface area contributed by atoms with Gasteiger partial charge in [0.05, 0.1) is 5.69 Å². The molecule has 0 saturated heterocycles. The second kappa shape index (κ2) is 15.7. The van der Waals surface area contributed by atoms with E-state index in [-0.39, 0.29) is 0 Å². The van der Waals surface area contributed by atoms with Crippen molar-refractivity contribution in [3.63, 3.8) is 0 Å². The van der Waals surface area contributed by atoms with Gasteiger partial charge in [-0.1, -0.05) is 231 Å².